The maximum atomic E-state index is 12.5. The van der Waals surface area contributed by atoms with E-state index < -0.39 is 5.60 Å². The van der Waals surface area contributed by atoms with Gasteiger partial charge in [0, 0.05) is 31.2 Å². The van der Waals surface area contributed by atoms with Gasteiger partial charge in [-0.05, 0) is 75.1 Å². The molecule has 170 valence electrons. The van der Waals surface area contributed by atoms with Gasteiger partial charge in [-0.25, -0.2) is 9.78 Å². The second kappa shape index (κ2) is 7.99. The fraction of sp³-hybridized carbons (Fsp3) is 0.346. The zero-order valence-corrected chi connectivity index (χ0v) is 20.4. The second-order valence-electron chi connectivity index (χ2n) is 9.69. The van der Waals surface area contributed by atoms with Crippen LogP contribution in [-0.4, -0.2) is 43.9 Å². The number of carbonyl (C=O) groups excluding carboxylic acids is 1. The molecule has 0 N–H and O–H groups in total. The summed E-state index contributed by atoms with van der Waals surface area (Å²) in [6.45, 7) is 8.29. The summed E-state index contributed by atoms with van der Waals surface area (Å²) in [5.41, 5.74) is 5.05. The first-order valence-electron chi connectivity index (χ1n) is 11.2. The van der Waals surface area contributed by atoms with Gasteiger partial charge in [0.15, 0.2) is 0 Å². The average Bonchev–Trinajstić information content (AvgIpc) is 3.33. The van der Waals surface area contributed by atoms with Gasteiger partial charge in [-0.15, -0.1) is 11.3 Å². The lowest BCUT2D eigenvalue weighted by molar-refractivity contribution is 0.0199. The molecule has 7 heteroatoms. The first-order chi connectivity index (χ1) is 15.7. The van der Waals surface area contributed by atoms with Gasteiger partial charge in [-0.3, -0.25) is 4.68 Å². The highest BCUT2D eigenvalue weighted by Crippen LogP contribution is 2.35. The van der Waals surface area contributed by atoms with Crippen LogP contribution in [-0.2, 0) is 11.8 Å². The van der Waals surface area contributed by atoms with Crippen molar-refractivity contribution in [2.24, 2.45) is 7.05 Å². The lowest BCUT2D eigenvalue weighted by Gasteiger charge is -2.34. The van der Waals surface area contributed by atoms with Crippen molar-refractivity contribution in [2.75, 3.05) is 6.54 Å². The number of amides is 1. The van der Waals surface area contributed by atoms with E-state index in [4.69, 9.17) is 9.72 Å². The van der Waals surface area contributed by atoms with Crippen LogP contribution in [0.15, 0.2) is 48.7 Å². The molecule has 2 aromatic carbocycles. The van der Waals surface area contributed by atoms with Gasteiger partial charge in [-0.2, -0.15) is 5.10 Å². The Labute approximate surface area is 197 Å². The number of fused-ring (bicyclic) bond motifs is 2. The zero-order valence-electron chi connectivity index (χ0n) is 19.6. The smallest absolute Gasteiger partial charge is 0.410 e. The van der Waals surface area contributed by atoms with Crippen molar-refractivity contribution in [1.29, 1.82) is 0 Å². The monoisotopic (exact) mass is 460 g/mol. The highest BCUT2D eigenvalue weighted by molar-refractivity contribution is 7.19. The Morgan fingerprint density at radius 3 is 2.58 bits per heavy atom. The summed E-state index contributed by atoms with van der Waals surface area (Å²) in [4.78, 5) is 19.2. The molecule has 2 aromatic heterocycles. The topological polar surface area (TPSA) is 60.2 Å². The Morgan fingerprint density at radius 1 is 1.12 bits per heavy atom. The normalized spacial score (nSPS) is 16.9. The average molecular weight is 461 g/mol. The number of hydrogen-bond donors (Lipinski definition) is 0. The van der Waals surface area contributed by atoms with Crippen molar-refractivity contribution >= 4 is 44.1 Å². The molecular formula is C26H28N4O2S. The van der Waals surface area contributed by atoms with Crippen molar-refractivity contribution < 1.29 is 9.53 Å². The third-order valence-electron chi connectivity index (χ3n) is 5.83. The molecule has 1 aliphatic rings. The van der Waals surface area contributed by atoms with Crippen LogP contribution >= 0.6 is 11.3 Å². The van der Waals surface area contributed by atoms with E-state index in [1.54, 1.807) is 16.2 Å². The molecule has 4 aromatic rings. The summed E-state index contributed by atoms with van der Waals surface area (Å²) in [6.07, 6.45) is 4.66. The fourth-order valence-electron chi connectivity index (χ4n) is 4.22. The van der Waals surface area contributed by atoms with E-state index in [1.807, 2.05) is 38.7 Å². The predicted octanol–water partition coefficient (Wildman–Crippen LogP) is 6.26. The number of carbonyl (C=O) groups is 1. The zero-order chi connectivity index (χ0) is 23.3. The van der Waals surface area contributed by atoms with Crippen molar-refractivity contribution in [3.8, 4) is 11.1 Å². The van der Waals surface area contributed by atoms with E-state index in [0.29, 0.717) is 6.54 Å². The molecule has 3 heterocycles. The lowest BCUT2D eigenvalue weighted by atomic mass is 10.0. The van der Waals surface area contributed by atoms with Gasteiger partial charge >= 0.3 is 6.09 Å². The summed E-state index contributed by atoms with van der Waals surface area (Å²) in [5, 5.41) is 6.63. The Morgan fingerprint density at radius 2 is 1.85 bits per heavy atom. The predicted molar refractivity (Wildman–Crippen MR) is 134 cm³/mol. The van der Waals surface area contributed by atoms with Crippen molar-refractivity contribution in [3.63, 3.8) is 0 Å². The highest BCUT2D eigenvalue weighted by atomic mass is 32.1. The van der Waals surface area contributed by atoms with Gasteiger partial charge in [0.05, 0.1) is 15.7 Å². The minimum Gasteiger partial charge on any atom is -0.444 e. The maximum Gasteiger partial charge on any atom is 0.410 e. The number of rotatable bonds is 2. The summed E-state index contributed by atoms with van der Waals surface area (Å²) in [7, 11) is 1.94. The molecule has 0 saturated heterocycles. The van der Waals surface area contributed by atoms with Crippen LogP contribution in [0, 0.1) is 0 Å². The summed E-state index contributed by atoms with van der Waals surface area (Å²) in [5.74, 6) is 0. The van der Waals surface area contributed by atoms with Crippen LogP contribution in [0.5, 0.6) is 0 Å². The third-order valence-corrected chi connectivity index (χ3v) is 6.92. The fourth-order valence-corrected chi connectivity index (χ4v) is 5.27. The number of hydrogen-bond acceptors (Lipinski definition) is 5. The Kier molecular flexibility index (Phi) is 5.24. The van der Waals surface area contributed by atoms with E-state index in [-0.39, 0.29) is 12.1 Å². The molecule has 0 bridgehead atoms. The van der Waals surface area contributed by atoms with E-state index in [1.165, 1.54) is 16.7 Å². The van der Waals surface area contributed by atoms with Crippen molar-refractivity contribution in [2.45, 2.75) is 45.8 Å². The van der Waals surface area contributed by atoms with E-state index >= 15 is 0 Å². The van der Waals surface area contributed by atoms with Gasteiger partial charge in [0.1, 0.15) is 10.6 Å². The summed E-state index contributed by atoms with van der Waals surface area (Å²) < 4.78 is 8.57. The molecule has 1 aliphatic heterocycles. The highest BCUT2D eigenvalue weighted by Gasteiger charge is 2.29. The van der Waals surface area contributed by atoms with Crippen LogP contribution in [0.2, 0.25) is 0 Å². The molecule has 1 unspecified atom stereocenters. The Hall–Kier alpha value is -3.19. The molecule has 0 aliphatic carbocycles. The second-order valence-corrected chi connectivity index (χ2v) is 10.7. The third kappa shape index (κ3) is 4.37. The molecule has 33 heavy (non-hydrogen) atoms. The number of nitrogens with zero attached hydrogens (tertiary/aromatic N) is 4. The minimum atomic E-state index is -0.493. The van der Waals surface area contributed by atoms with Crippen molar-refractivity contribution in [3.05, 3.63) is 53.7 Å². The van der Waals surface area contributed by atoms with Gasteiger partial charge < -0.3 is 9.64 Å². The van der Waals surface area contributed by atoms with Crippen LogP contribution in [0.4, 0.5) is 4.79 Å². The molecule has 6 nitrogen and oxygen atoms in total. The molecule has 0 fully saturated rings. The number of benzene rings is 2. The molecule has 1 atom stereocenters. The molecule has 5 rings (SSSR count). The molecule has 0 saturated carbocycles. The Bertz CT molecular complexity index is 1390. The van der Waals surface area contributed by atoms with Crippen LogP contribution < -0.4 is 0 Å². The van der Waals surface area contributed by atoms with Crippen LogP contribution in [0.1, 0.15) is 39.1 Å². The van der Waals surface area contributed by atoms with Gasteiger partial charge in [0.25, 0.3) is 0 Å². The maximum absolute atomic E-state index is 12.5. The standard InChI is InChI=1S/C26H28N4O2S/c1-16-12-19(10-11-30(16)25(31)32-26(2,3)4)24-27-22-9-7-18(14-23(22)33-24)17-6-8-21-20(13-17)15-29(5)28-21/h6-10,13-16H,11-12H2,1-5H3. The molecule has 1 amide bonds. The summed E-state index contributed by atoms with van der Waals surface area (Å²) >= 11 is 1.71. The SMILES string of the molecule is CC1CC(c2nc3ccc(-c4ccc5nn(C)cc5c4)cc3s2)=CCN1C(=O)OC(C)(C)C. The first-order valence-corrected chi connectivity index (χ1v) is 12.0. The number of aromatic nitrogens is 3. The van der Waals surface area contributed by atoms with Gasteiger partial charge in [0.2, 0.25) is 0 Å². The van der Waals surface area contributed by atoms with Gasteiger partial charge in [-0.1, -0.05) is 18.2 Å². The largest absolute Gasteiger partial charge is 0.444 e. The number of thiazole rings is 1. The first kappa shape index (κ1) is 21.6. The molecule has 0 radical (unpaired) electrons. The summed E-state index contributed by atoms with van der Waals surface area (Å²) in [6, 6.07) is 12.9. The van der Waals surface area contributed by atoms with E-state index in [0.717, 1.165) is 32.5 Å². The van der Waals surface area contributed by atoms with E-state index in [9.17, 15) is 4.79 Å². The number of ether oxygens (including phenoxy) is 1. The minimum absolute atomic E-state index is 0.0635. The van der Waals surface area contributed by atoms with Crippen molar-refractivity contribution in [1.82, 2.24) is 19.7 Å². The van der Waals surface area contributed by atoms with E-state index in [2.05, 4.69) is 54.5 Å². The van der Waals surface area contributed by atoms with Crippen LogP contribution in [0.25, 0.3) is 37.8 Å². The lowest BCUT2D eigenvalue weighted by Crippen LogP contribution is -2.44. The van der Waals surface area contributed by atoms with Crippen LogP contribution in [0.3, 0.4) is 0 Å². The number of aryl methyl sites for hydroxylation is 1. The molecule has 0 spiro atoms. The molecular weight excluding hydrogens is 432 g/mol. The Balaban J connectivity index is 1.40. The quantitative estimate of drug-likeness (QED) is 0.354.